The molecule has 5 nitrogen and oxygen atoms in total. The van der Waals surface area contributed by atoms with E-state index >= 15 is 0 Å². The fourth-order valence-corrected chi connectivity index (χ4v) is 5.30. The fraction of sp³-hybridized carbons (Fsp3) is 0.278. The van der Waals surface area contributed by atoms with E-state index in [0.29, 0.717) is 5.16 Å². The van der Waals surface area contributed by atoms with E-state index in [9.17, 15) is 9.59 Å². The molecule has 2 heterocycles. The van der Waals surface area contributed by atoms with E-state index in [0.717, 1.165) is 40.7 Å². The largest absolute Gasteiger partial charge is 0.369 e. The van der Waals surface area contributed by atoms with Gasteiger partial charge in [-0.15, -0.1) is 11.3 Å². The van der Waals surface area contributed by atoms with Gasteiger partial charge in [0.15, 0.2) is 5.16 Å². The van der Waals surface area contributed by atoms with E-state index in [4.69, 9.17) is 10.7 Å². The summed E-state index contributed by atoms with van der Waals surface area (Å²) in [6, 6.07) is 9.43. The third-order valence-electron chi connectivity index (χ3n) is 4.41. The van der Waals surface area contributed by atoms with Gasteiger partial charge in [0.05, 0.1) is 16.3 Å². The number of aromatic nitrogens is 2. The molecule has 1 aliphatic carbocycles. The number of benzene rings is 1. The van der Waals surface area contributed by atoms with E-state index in [1.54, 1.807) is 22.8 Å². The van der Waals surface area contributed by atoms with Crippen LogP contribution >= 0.6 is 23.1 Å². The third kappa shape index (κ3) is 2.77. The van der Waals surface area contributed by atoms with Crippen LogP contribution in [-0.4, -0.2) is 20.7 Å². The van der Waals surface area contributed by atoms with Crippen LogP contribution in [0, 0.1) is 0 Å². The summed E-state index contributed by atoms with van der Waals surface area (Å²) in [6.07, 6.45) is 3.05. The zero-order chi connectivity index (χ0) is 17.6. The molecule has 0 spiro atoms. The van der Waals surface area contributed by atoms with Crippen LogP contribution in [0.15, 0.2) is 40.3 Å². The number of carbonyl (C=O) groups excluding carboxylic acids is 1. The Kier molecular flexibility index (Phi) is 4.13. The molecule has 0 bridgehead atoms. The van der Waals surface area contributed by atoms with Crippen LogP contribution in [-0.2, 0) is 17.6 Å². The number of hydrogen-bond acceptors (Lipinski definition) is 5. The summed E-state index contributed by atoms with van der Waals surface area (Å²) in [7, 11) is 0. The molecule has 0 radical (unpaired) electrons. The molecular formula is C18H17N3O2S2. The van der Waals surface area contributed by atoms with Crippen molar-refractivity contribution >= 4 is 39.2 Å². The second-order valence-corrected chi connectivity index (χ2v) is 8.46. The van der Waals surface area contributed by atoms with Gasteiger partial charge in [0.1, 0.15) is 4.83 Å². The van der Waals surface area contributed by atoms with Crippen molar-refractivity contribution in [1.29, 1.82) is 0 Å². The molecule has 128 valence electrons. The van der Waals surface area contributed by atoms with Gasteiger partial charge in [-0.1, -0.05) is 30.0 Å². The standard InChI is InChI=1S/C18H17N3O2S2/c1-10(15(19)22)24-18-20-16-14(12-8-5-9-13(12)25-16)17(23)21(18)11-6-3-2-4-7-11/h2-4,6-7,10H,5,8-9H2,1H3,(H2,19,22)/t10-/m0/s1. The van der Waals surface area contributed by atoms with Crippen molar-refractivity contribution in [3.63, 3.8) is 0 Å². The topological polar surface area (TPSA) is 78.0 Å². The Balaban J connectivity index is 1.99. The lowest BCUT2D eigenvalue weighted by molar-refractivity contribution is -0.117. The maximum atomic E-state index is 13.3. The Bertz CT molecular complexity index is 1020. The Hall–Kier alpha value is -2.12. The molecule has 4 rings (SSSR count). The number of thioether (sulfide) groups is 1. The van der Waals surface area contributed by atoms with Crippen LogP contribution in [0.1, 0.15) is 23.8 Å². The maximum absolute atomic E-state index is 13.3. The van der Waals surface area contributed by atoms with Crippen molar-refractivity contribution in [1.82, 2.24) is 9.55 Å². The Labute approximate surface area is 152 Å². The van der Waals surface area contributed by atoms with Crippen molar-refractivity contribution in [2.24, 2.45) is 5.73 Å². The van der Waals surface area contributed by atoms with Crippen LogP contribution < -0.4 is 11.3 Å². The molecule has 7 heteroatoms. The molecule has 0 saturated heterocycles. The van der Waals surface area contributed by atoms with Crippen LogP contribution in [0.25, 0.3) is 15.9 Å². The van der Waals surface area contributed by atoms with Gasteiger partial charge in [-0.3, -0.25) is 14.2 Å². The summed E-state index contributed by atoms with van der Waals surface area (Å²) >= 11 is 2.83. The van der Waals surface area contributed by atoms with E-state index < -0.39 is 11.2 Å². The second-order valence-electron chi connectivity index (χ2n) is 6.07. The van der Waals surface area contributed by atoms with Crippen molar-refractivity contribution in [3.05, 3.63) is 51.1 Å². The monoisotopic (exact) mass is 371 g/mol. The zero-order valence-corrected chi connectivity index (χ0v) is 15.3. The number of rotatable bonds is 4. The number of nitrogens with zero attached hydrogens (tertiary/aromatic N) is 2. The summed E-state index contributed by atoms with van der Waals surface area (Å²) < 4.78 is 1.61. The average Bonchev–Trinajstić information content (AvgIpc) is 3.16. The maximum Gasteiger partial charge on any atom is 0.267 e. The highest BCUT2D eigenvalue weighted by Crippen LogP contribution is 2.36. The molecule has 1 aliphatic rings. The molecule has 25 heavy (non-hydrogen) atoms. The minimum absolute atomic E-state index is 0.0604. The van der Waals surface area contributed by atoms with E-state index in [-0.39, 0.29) is 5.56 Å². The molecular weight excluding hydrogens is 354 g/mol. The van der Waals surface area contributed by atoms with Crippen molar-refractivity contribution in [2.45, 2.75) is 36.6 Å². The average molecular weight is 371 g/mol. The van der Waals surface area contributed by atoms with Crippen molar-refractivity contribution in [3.8, 4) is 5.69 Å². The molecule has 1 aromatic carbocycles. The number of thiophene rings is 1. The van der Waals surface area contributed by atoms with Gasteiger partial charge in [-0.25, -0.2) is 4.98 Å². The second kappa shape index (κ2) is 6.31. The molecule has 0 unspecified atom stereocenters. The number of amides is 1. The number of fused-ring (bicyclic) bond motifs is 3. The highest BCUT2D eigenvalue weighted by atomic mass is 32.2. The van der Waals surface area contributed by atoms with E-state index in [2.05, 4.69) is 0 Å². The zero-order valence-electron chi connectivity index (χ0n) is 13.7. The number of hydrogen-bond donors (Lipinski definition) is 1. The van der Waals surface area contributed by atoms with E-state index in [1.165, 1.54) is 16.6 Å². The summed E-state index contributed by atoms with van der Waals surface area (Å²) in [5.74, 6) is -0.423. The number of primary amides is 1. The van der Waals surface area contributed by atoms with Crippen LogP contribution in [0.2, 0.25) is 0 Å². The minimum Gasteiger partial charge on any atom is -0.369 e. The number of nitrogens with two attached hydrogens (primary N) is 1. The quantitative estimate of drug-likeness (QED) is 0.565. The van der Waals surface area contributed by atoms with Crippen LogP contribution in [0.3, 0.4) is 0 Å². The smallest absolute Gasteiger partial charge is 0.267 e. The lowest BCUT2D eigenvalue weighted by Gasteiger charge is -2.14. The molecule has 2 aromatic heterocycles. The van der Waals surface area contributed by atoms with Gasteiger partial charge < -0.3 is 5.73 Å². The minimum atomic E-state index is -0.467. The Morgan fingerprint density at radius 1 is 1.32 bits per heavy atom. The summed E-state index contributed by atoms with van der Waals surface area (Å²) in [5, 5.41) is 0.776. The summed E-state index contributed by atoms with van der Waals surface area (Å²) in [4.78, 5) is 31.6. The lowest BCUT2D eigenvalue weighted by atomic mass is 10.2. The van der Waals surface area contributed by atoms with Gasteiger partial charge in [0.25, 0.3) is 5.56 Å². The van der Waals surface area contributed by atoms with Crippen LogP contribution in [0.4, 0.5) is 0 Å². The highest BCUT2D eigenvalue weighted by Gasteiger charge is 2.25. The molecule has 1 atom stereocenters. The fourth-order valence-electron chi connectivity index (χ4n) is 3.12. The van der Waals surface area contributed by atoms with Gasteiger partial charge in [-0.2, -0.15) is 0 Å². The van der Waals surface area contributed by atoms with Gasteiger partial charge >= 0.3 is 0 Å². The molecule has 2 N–H and O–H groups in total. The predicted octanol–water partition coefficient (Wildman–Crippen LogP) is 2.90. The number of carbonyl (C=O) groups is 1. The van der Waals surface area contributed by atoms with Crippen molar-refractivity contribution < 1.29 is 4.79 Å². The number of para-hydroxylation sites is 1. The van der Waals surface area contributed by atoms with E-state index in [1.807, 2.05) is 30.3 Å². The van der Waals surface area contributed by atoms with Gasteiger partial charge in [0, 0.05) is 4.88 Å². The van der Waals surface area contributed by atoms with Gasteiger partial charge in [-0.05, 0) is 43.9 Å². The van der Waals surface area contributed by atoms with Gasteiger partial charge in [0.2, 0.25) is 5.91 Å². The Morgan fingerprint density at radius 3 is 2.80 bits per heavy atom. The molecule has 0 saturated carbocycles. The molecule has 1 amide bonds. The normalized spacial score (nSPS) is 14.6. The SMILES string of the molecule is C[C@H](Sc1nc2sc3c(c2c(=O)n1-c1ccccc1)CCC3)C(N)=O. The predicted molar refractivity (Wildman–Crippen MR) is 102 cm³/mol. The first-order chi connectivity index (χ1) is 12.1. The summed E-state index contributed by atoms with van der Waals surface area (Å²) in [5.41, 5.74) is 7.25. The van der Waals surface area contributed by atoms with Crippen molar-refractivity contribution in [2.75, 3.05) is 0 Å². The first-order valence-corrected chi connectivity index (χ1v) is 9.84. The highest BCUT2D eigenvalue weighted by molar-refractivity contribution is 8.00. The first-order valence-electron chi connectivity index (χ1n) is 8.15. The lowest BCUT2D eigenvalue weighted by Crippen LogP contribution is -2.26. The Morgan fingerprint density at radius 2 is 2.08 bits per heavy atom. The van der Waals surface area contributed by atoms with Crippen LogP contribution in [0.5, 0.6) is 0 Å². The summed E-state index contributed by atoms with van der Waals surface area (Å²) in [6.45, 7) is 1.73. The molecule has 3 aromatic rings. The third-order valence-corrected chi connectivity index (χ3v) is 6.66. The first kappa shape index (κ1) is 16.4. The molecule has 0 aliphatic heterocycles. The number of aryl methyl sites for hydroxylation is 2. The molecule has 0 fully saturated rings.